The summed E-state index contributed by atoms with van der Waals surface area (Å²) in [6.45, 7) is 4.75. The van der Waals surface area contributed by atoms with Crippen LogP contribution in [0.4, 0.5) is 10.7 Å². The maximum Gasteiger partial charge on any atom is 0.285 e. The van der Waals surface area contributed by atoms with Crippen LogP contribution in [0.2, 0.25) is 0 Å². The molecular formula is C12H17N3O4S. The highest BCUT2D eigenvalue weighted by atomic mass is 32.1. The Morgan fingerprint density at radius 2 is 2.20 bits per heavy atom. The lowest BCUT2D eigenvalue weighted by molar-refractivity contribution is -0.385. The van der Waals surface area contributed by atoms with Crippen molar-refractivity contribution in [1.82, 2.24) is 4.90 Å². The highest BCUT2D eigenvalue weighted by Gasteiger charge is 2.22. The van der Waals surface area contributed by atoms with E-state index < -0.39 is 4.92 Å². The first-order valence-electron chi connectivity index (χ1n) is 6.30. The van der Waals surface area contributed by atoms with Crippen LogP contribution in [0.1, 0.15) is 4.88 Å². The zero-order chi connectivity index (χ0) is 14.7. The molecule has 2 heterocycles. The molecular weight excluding hydrogens is 282 g/mol. The van der Waals surface area contributed by atoms with Gasteiger partial charge in [-0.05, 0) is 6.92 Å². The third-order valence-corrected chi connectivity index (χ3v) is 4.36. The molecule has 1 amide bonds. The number of thiophene rings is 1. The lowest BCUT2D eigenvalue weighted by Crippen LogP contribution is -2.43. The maximum atomic E-state index is 12.2. The number of amides is 1. The number of morpholine rings is 1. The Bertz CT molecular complexity index is 511. The lowest BCUT2D eigenvalue weighted by Gasteiger charge is -2.27. The van der Waals surface area contributed by atoms with Crippen LogP contribution < -0.4 is 4.90 Å². The van der Waals surface area contributed by atoms with Gasteiger partial charge in [-0.1, -0.05) is 0 Å². The molecule has 1 aliphatic heterocycles. The molecule has 2 rings (SSSR count). The molecule has 1 aliphatic rings. The Hall–Kier alpha value is -1.51. The second-order valence-corrected chi connectivity index (χ2v) is 5.86. The van der Waals surface area contributed by atoms with E-state index in [0.717, 1.165) is 13.1 Å². The van der Waals surface area contributed by atoms with E-state index in [4.69, 9.17) is 4.74 Å². The standard InChI is InChI=1S/C12H17N3O4S/c1-9-10(15(17)18)7-12(20-9)13(2)11(16)8-14-3-5-19-6-4-14/h7H,3-6,8H2,1-2H3. The van der Waals surface area contributed by atoms with Crippen LogP contribution in [0.15, 0.2) is 6.07 Å². The number of aryl methyl sites for hydroxylation is 1. The van der Waals surface area contributed by atoms with Crippen molar-refractivity contribution >= 4 is 27.9 Å². The minimum Gasteiger partial charge on any atom is -0.379 e. The molecule has 0 spiro atoms. The van der Waals surface area contributed by atoms with Crippen molar-refractivity contribution < 1.29 is 14.5 Å². The van der Waals surface area contributed by atoms with Crippen molar-refractivity contribution in [2.45, 2.75) is 6.92 Å². The zero-order valence-electron chi connectivity index (χ0n) is 11.5. The molecule has 7 nitrogen and oxygen atoms in total. The maximum absolute atomic E-state index is 12.2. The summed E-state index contributed by atoms with van der Waals surface area (Å²) in [6, 6.07) is 1.46. The van der Waals surface area contributed by atoms with Crippen molar-refractivity contribution in [3.63, 3.8) is 0 Å². The summed E-state index contributed by atoms with van der Waals surface area (Å²) in [4.78, 5) is 26.7. The number of ether oxygens (including phenoxy) is 1. The van der Waals surface area contributed by atoms with E-state index in [0.29, 0.717) is 29.6 Å². The molecule has 1 saturated heterocycles. The van der Waals surface area contributed by atoms with Gasteiger partial charge in [-0.25, -0.2) is 0 Å². The topological polar surface area (TPSA) is 75.9 Å². The average molecular weight is 299 g/mol. The highest BCUT2D eigenvalue weighted by molar-refractivity contribution is 7.16. The molecule has 0 aromatic carbocycles. The van der Waals surface area contributed by atoms with Crippen LogP contribution in [-0.2, 0) is 9.53 Å². The summed E-state index contributed by atoms with van der Waals surface area (Å²) < 4.78 is 5.23. The predicted octanol–water partition coefficient (Wildman–Crippen LogP) is 1.26. The molecule has 0 radical (unpaired) electrons. The normalized spacial score (nSPS) is 16.1. The number of rotatable bonds is 4. The summed E-state index contributed by atoms with van der Waals surface area (Å²) in [5.74, 6) is -0.0666. The zero-order valence-corrected chi connectivity index (χ0v) is 12.3. The number of likely N-dealkylation sites (N-methyl/N-ethyl adjacent to an activating group) is 1. The van der Waals surface area contributed by atoms with Gasteiger partial charge in [-0.2, -0.15) is 0 Å². The number of hydrogen-bond acceptors (Lipinski definition) is 6. The van der Waals surface area contributed by atoms with Gasteiger partial charge in [0.25, 0.3) is 5.69 Å². The van der Waals surface area contributed by atoms with Gasteiger partial charge in [-0.3, -0.25) is 19.8 Å². The Kier molecular flexibility index (Phi) is 4.69. The van der Waals surface area contributed by atoms with Crippen LogP contribution in [0.3, 0.4) is 0 Å². The summed E-state index contributed by atoms with van der Waals surface area (Å²) in [6.07, 6.45) is 0. The number of nitrogens with zero attached hydrogens (tertiary/aromatic N) is 3. The van der Waals surface area contributed by atoms with E-state index >= 15 is 0 Å². The van der Waals surface area contributed by atoms with E-state index in [2.05, 4.69) is 0 Å². The summed E-state index contributed by atoms with van der Waals surface area (Å²) >= 11 is 1.26. The third-order valence-electron chi connectivity index (χ3n) is 3.24. The number of carbonyl (C=O) groups excluding carboxylic acids is 1. The second kappa shape index (κ2) is 6.29. The Morgan fingerprint density at radius 3 is 2.75 bits per heavy atom. The Labute approximate surface area is 120 Å². The molecule has 0 atom stereocenters. The first-order valence-corrected chi connectivity index (χ1v) is 7.12. The molecule has 1 aromatic heterocycles. The molecule has 0 unspecified atom stereocenters. The number of hydrogen-bond donors (Lipinski definition) is 0. The smallest absolute Gasteiger partial charge is 0.285 e. The molecule has 8 heteroatoms. The van der Waals surface area contributed by atoms with Gasteiger partial charge in [-0.15, -0.1) is 11.3 Å². The predicted molar refractivity (Wildman–Crippen MR) is 76.4 cm³/mol. The molecule has 20 heavy (non-hydrogen) atoms. The molecule has 110 valence electrons. The fourth-order valence-electron chi connectivity index (χ4n) is 1.98. The van der Waals surface area contributed by atoms with Gasteiger partial charge < -0.3 is 9.64 Å². The fourth-order valence-corrected chi connectivity index (χ4v) is 2.94. The molecule has 0 saturated carbocycles. The van der Waals surface area contributed by atoms with E-state index in [1.54, 1.807) is 14.0 Å². The molecule has 1 fully saturated rings. The van der Waals surface area contributed by atoms with Gasteiger partial charge in [0.2, 0.25) is 5.91 Å². The highest BCUT2D eigenvalue weighted by Crippen LogP contribution is 2.34. The Balaban J connectivity index is 2.02. The minimum atomic E-state index is -0.421. The van der Waals surface area contributed by atoms with E-state index in [1.807, 2.05) is 4.90 Å². The number of nitro groups is 1. The van der Waals surface area contributed by atoms with Crippen molar-refractivity contribution in [3.05, 3.63) is 21.1 Å². The Morgan fingerprint density at radius 1 is 1.55 bits per heavy atom. The van der Waals surface area contributed by atoms with Crippen molar-refractivity contribution in [1.29, 1.82) is 0 Å². The van der Waals surface area contributed by atoms with Crippen LogP contribution in [0, 0.1) is 17.0 Å². The van der Waals surface area contributed by atoms with E-state index in [1.165, 1.54) is 22.3 Å². The SMILES string of the molecule is Cc1sc(N(C)C(=O)CN2CCOCC2)cc1[N+](=O)[O-]. The van der Waals surface area contributed by atoms with Crippen LogP contribution >= 0.6 is 11.3 Å². The van der Waals surface area contributed by atoms with Gasteiger partial charge in [0, 0.05) is 20.1 Å². The summed E-state index contributed by atoms with van der Waals surface area (Å²) in [7, 11) is 1.65. The minimum absolute atomic E-state index is 0.0658. The molecule has 0 N–H and O–H groups in total. The van der Waals surface area contributed by atoms with Crippen molar-refractivity contribution in [2.75, 3.05) is 44.8 Å². The molecule has 1 aromatic rings. The first-order chi connectivity index (χ1) is 9.49. The van der Waals surface area contributed by atoms with Crippen LogP contribution in [0.25, 0.3) is 0 Å². The number of anilines is 1. The van der Waals surface area contributed by atoms with Gasteiger partial charge in [0.15, 0.2) is 0 Å². The summed E-state index contributed by atoms with van der Waals surface area (Å²) in [5.41, 5.74) is 0.0658. The largest absolute Gasteiger partial charge is 0.379 e. The van der Waals surface area contributed by atoms with Gasteiger partial charge in [0.1, 0.15) is 5.00 Å². The van der Waals surface area contributed by atoms with Crippen molar-refractivity contribution in [3.8, 4) is 0 Å². The first kappa shape index (κ1) is 14.9. The van der Waals surface area contributed by atoms with Crippen molar-refractivity contribution in [2.24, 2.45) is 0 Å². The molecule has 0 aliphatic carbocycles. The second-order valence-electron chi connectivity index (χ2n) is 4.62. The quantitative estimate of drug-likeness (QED) is 0.618. The van der Waals surface area contributed by atoms with Gasteiger partial charge in [0.05, 0.1) is 35.6 Å². The average Bonchev–Trinajstić information content (AvgIpc) is 2.81. The molecule has 0 bridgehead atoms. The van der Waals surface area contributed by atoms with Crippen LogP contribution in [-0.4, -0.2) is 55.6 Å². The number of carbonyl (C=O) groups is 1. The van der Waals surface area contributed by atoms with E-state index in [-0.39, 0.29) is 11.6 Å². The monoisotopic (exact) mass is 299 g/mol. The third kappa shape index (κ3) is 3.33. The van der Waals surface area contributed by atoms with Gasteiger partial charge >= 0.3 is 0 Å². The lowest BCUT2D eigenvalue weighted by atomic mass is 10.3. The van der Waals surface area contributed by atoms with Crippen LogP contribution in [0.5, 0.6) is 0 Å². The summed E-state index contributed by atoms with van der Waals surface area (Å²) in [5, 5.41) is 11.4. The fraction of sp³-hybridized carbons (Fsp3) is 0.583. The van der Waals surface area contributed by atoms with E-state index in [9.17, 15) is 14.9 Å².